The fraction of sp³-hybridized carbons (Fsp3) is 0.538. The fourth-order valence-corrected chi connectivity index (χ4v) is 2.40. The van der Waals surface area contributed by atoms with Crippen molar-refractivity contribution in [3.05, 3.63) is 35.4 Å². The van der Waals surface area contributed by atoms with E-state index >= 15 is 0 Å². The van der Waals surface area contributed by atoms with Crippen LogP contribution in [0.5, 0.6) is 0 Å². The van der Waals surface area contributed by atoms with Crippen molar-refractivity contribution in [3.8, 4) is 0 Å². The van der Waals surface area contributed by atoms with Crippen molar-refractivity contribution in [3.63, 3.8) is 0 Å². The molecule has 0 fully saturated rings. The number of hydrogen-bond acceptors (Lipinski definition) is 1. The molecule has 1 unspecified atom stereocenters. The lowest BCUT2D eigenvalue weighted by molar-refractivity contribution is 0.141. The zero-order chi connectivity index (χ0) is 11.1. The molecular formula is C13H19BrO. The molecule has 0 aliphatic rings. The molecule has 84 valence electrons. The van der Waals surface area contributed by atoms with Crippen molar-refractivity contribution >= 4 is 15.9 Å². The highest BCUT2D eigenvalue weighted by atomic mass is 79.9. The molecule has 0 heterocycles. The third kappa shape index (κ3) is 3.96. The summed E-state index contributed by atoms with van der Waals surface area (Å²) in [5, 5.41) is 1.00. The van der Waals surface area contributed by atoms with Gasteiger partial charge >= 0.3 is 0 Å². The molecule has 0 bridgehead atoms. The molecule has 0 N–H and O–H groups in total. The Balaban J connectivity index is 2.61. The number of benzene rings is 1. The van der Waals surface area contributed by atoms with Crippen LogP contribution in [0, 0.1) is 6.92 Å². The van der Waals surface area contributed by atoms with Crippen LogP contribution < -0.4 is 0 Å². The molecule has 1 atom stereocenters. The van der Waals surface area contributed by atoms with E-state index in [1.807, 2.05) is 6.92 Å². The molecule has 0 aliphatic heterocycles. The van der Waals surface area contributed by atoms with Gasteiger partial charge in [0.25, 0.3) is 0 Å². The number of alkyl halides is 1. The highest BCUT2D eigenvalue weighted by Crippen LogP contribution is 2.24. The Morgan fingerprint density at radius 1 is 1.33 bits per heavy atom. The highest BCUT2D eigenvalue weighted by Gasteiger charge is 2.11. The molecule has 0 radical (unpaired) electrons. The second kappa shape index (κ2) is 7.02. The van der Waals surface area contributed by atoms with Crippen molar-refractivity contribution in [1.29, 1.82) is 0 Å². The summed E-state index contributed by atoms with van der Waals surface area (Å²) >= 11 is 3.58. The normalized spacial score (nSPS) is 12.7. The third-order valence-electron chi connectivity index (χ3n) is 2.63. The van der Waals surface area contributed by atoms with Crippen molar-refractivity contribution in [2.75, 3.05) is 18.5 Å². The van der Waals surface area contributed by atoms with Gasteiger partial charge in [0.2, 0.25) is 0 Å². The zero-order valence-corrected chi connectivity index (χ0v) is 11.1. The molecule has 0 aromatic heterocycles. The number of aryl methyl sites for hydroxylation is 1. The minimum Gasteiger partial charge on any atom is -0.382 e. The van der Waals surface area contributed by atoms with Gasteiger partial charge in [-0.05, 0) is 37.3 Å². The van der Waals surface area contributed by atoms with Gasteiger partial charge in [-0.15, -0.1) is 0 Å². The van der Waals surface area contributed by atoms with E-state index < -0.39 is 0 Å². The topological polar surface area (TPSA) is 9.23 Å². The Kier molecular flexibility index (Phi) is 5.96. The van der Waals surface area contributed by atoms with Crippen molar-refractivity contribution < 1.29 is 4.74 Å². The third-order valence-corrected chi connectivity index (χ3v) is 3.41. The Morgan fingerprint density at radius 3 is 2.67 bits per heavy atom. The van der Waals surface area contributed by atoms with Crippen LogP contribution in [0.3, 0.4) is 0 Å². The maximum absolute atomic E-state index is 5.41. The number of ether oxygens (including phenoxy) is 1. The molecule has 1 rings (SSSR count). The smallest absolute Gasteiger partial charge is 0.0472 e. The maximum atomic E-state index is 5.41. The van der Waals surface area contributed by atoms with Crippen molar-refractivity contribution in [2.24, 2.45) is 0 Å². The van der Waals surface area contributed by atoms with Gasteiger partial charge < -0.3 is 4.74 Å². The number of halogens is 1. The van der Waals surface area contributed by atoms with Gasteiger partial charge in [-0.25, -0.2) is 0 Å². The fourth-order valence-electron chi connectivity index (χ4n) is 1.73. The molecule has 0 saturated heterocycles. The van der Waals surface area contributed by atoms with Gasteiger partial charge in [0.15, 0.2) is 0 Å². The van der Waals surface area contributed by atoms with Gasteiger partial charge in [0.05, 0.1) is 0 Å². The first-order valence-corrected chi connectivity index (χ1v) is 6.61. The summed E-state index contributed by atoms with van der Waals surface area (Å²) in [6.45, 7) is 5.87. The Hall–Kier alpha value is -0.340. The Morgan fingerprint density at radius 2 is 2.07 bits per heavy atom. The second-order valence-corrected chi connectivity index (χ2v) is 4.34. The van der Waals surface area contributed by atoms with E-state index in [9.17, 15) is 0 Å². The van der Waals surface area contributed by atoms with Gasteiger partial charge in [0, 0.05) is 18.5 Å². The molecule has 0 aliphatic carbocycles. The first kappa shape index (κ1) is 12.7. The van der Waals surface area contributed by atoms with Crippen LogP contribution in [-0.2, 0) is 4.74 Å². The van der Waals surface area contributed by atoms with E-state index in [2.05, 4.69) is 47.1 Å². The number of rotatable bonds is 6. The van der Waals surface area contributed by atoms with Gasteiger partial charge in [-0.2, -0.15) is 0 Å². The van der Waals surface area contributed by atoms with Crippen LogP contribution in [0.25, 0.3) is 0 Å². The monoisotopic (exact) mass is 270 g/mol. The molecule has 1 aromatic carbocycles. The standard InChI is InChI=1S/C13H19BrO/c1-3-15-9-8-12(10-14)13-7-5-4-6-11(13)2/h4-7,12H,3,8-10H2,1-2H3. The van der Waals surface area contributed by atoms with Crippen LogP contribution in [0.15, 0.2) is 24.3 Å². The lowest BCUT2D eigenvalue weighted by Crippen LogP contribution is -2.06. The van der Waals surface area contributed by atoms with Gasteiger partial charge in [0.1, 0.15) is 0 Å². The van der Waals surface area contributed by atoms with Crippen LogP contribution in [0.1, 0.15) is 30.4 Å². The summed E-state index contributed by atoms with van der Waals surface area (Å²) in [5.74, 6) is 0.567. The van der Waals surface area contributed by atoms with Crippen LogP contribution in [-0.4, -0.2) is 18.5 Å². The average Bonchev–Trinajstić information content (AvgIpc) is 2.26. The lowest BCUT2D eigenvalue weighted by atomic mass is 9.94. The van der Waals surface area contributed by atoms with Crippen molar-refractivity contribution in [2.45, 2.75) is 26.2 Å². The number of hydrogen-bond donors (Lipinski definition) is 0. The molecule has 0 saturated carbocycles. The Labute approximate surface area is 101 Å². The maximum Gasteiger partial charge on any atom is 0.0472 e. The summed E-state index contributed by atoms with van der Waals surface area (Å²) in [4.78, 5) is 0. The summed E-state index contributed by atoms with van der Waals surface area (Å²) in [6, 6.07) is 8.59. The van der Waals surface area contributed by atoms with E-state index in [0.717, 1.165) is 25.0 Å². The van der Waals surface area contributed by atoms with E-state index in [0.29, 0.717) is 5.92 Å². The van der Waals surface area contributed by atoms with E-state index in [1.165, 1.54) is 11.1 Å². The molecule has 1 nitrogen and oxygen atoms in total. The summed E-state index contributed by atoms with van der Waals surface area (Å²) in [7, 11) is 0. The minimum absolute atomic E-state index is 0.567. The Bertz CT molecular complexity index is 286. The predicted molar refractivity (Wildman–Crippen MR) is 68.8 cm³/mol. The first-order chi connectivity index (χ1) is 7.29. The average molecular weight is 271 g/mol. The van der Waals surface area contributed by atoms with Crippen LogP contribution in [0.4, 0.5) is 0 Å². The molecule has 15 heavy (non-hydrogen) atoms. The predicted octanol–water partition coefficient (Wildman–Crippen LogP) is 3.90. The van der Waals surface area contributed by atoms with Crippen LogP contribution in [0.2, 0.25) is 0 Å². The first-order valence-electron chi connectivity index (χ1n) is 5.48. The zero-order valence-electron chi connectivity index (χ0n) is 9.50. The molecule has 2 heteroatoms. The summed E-state index contributed by atoms with van der Waals surface area (Å²) in [5.41, 5.74) is 2.81. The quantitative estimate of drug-likeness (QED) is 0.563. The van der Waals surface area contributed by atoms with Crippen LogP contribution >= 0.6 is 15.9 Å². The molecule has 0 amide bonds. The molecule has 1 aromatic rings. The van der Waals surface area contributed by atoms with E-state index in [1.54, 1.807) is 0 Å². The largest absolute Gasteiger partial charge is 0.382 e. The SMILES string of the molecule is CCOCCC(CBr)c1ccccc1C. The van der Waals surface area contributed by atoms with Gasteiger partial charge in [-0.1, -0.05) is 40.2 Å². The highest BCUT2D eigenvalue weighted by molar-refractivity contribution is 9.09. The molecule has 0 spiro atoms. The van der Waals surface area contributed by atoms with E-state index in [-0.39, 0.29) is 0 Å². The summed E-state index contributed by atoms with van der Waals surface area (Å²) in [6.07, 6.45) is 1.09. The van der Waals surface area contributed by atoms with Gasteiger partial charge in [-0.3, -0.25) is 0 Å². The second-order valence-electron chi connectivity index (χ2n) is 3.69. The van der Waals surface area contributed by atoms with Crippen molar-refractivity contribution in [1.82, 2.24) is 0 Å². The minimum atomic E-state index is 0.567. The molecular weight excluding hydrogens is 252 g/mol. The lowest BCUT2D eigenvalue weighted by Gasteiger charge is -2.16. The van der Waals surface area contributed by atoms with E-state index in [4.69, 9.17) is 4.74 Å². The summed E-state index contributed by atoms with van der Waals surface area (Å²) < 4.78 is 5.41.